The van der Waals surface area contributed by atoms with E-state index < -0.39 is 82.2 Å². The number of phenolic OH excluding ortho intramolecular Hbond substituents is 1. The van der Waals surface area contributed by atoms with E-state index in [1.807, 2.05) is 0 Å². The first kappa shape index (κ1) is 27.6. The predicted octanol–water partition coefficient (Wildman–Crippen LogP) is 0.876. The second kappa shape index (κ2) is 9.61. The number of fused-ring (bicyclic) bond motifs is 3. The molecule has 2 aromatic carbocycles. The second-order valence-electron chi connectivity index (χ2n) is 10.5. The molecule has 11 nitrogen and oxygen atoms in total. The third kappa shape index (κ3) is 3.80. The Morgan fingerprint density at radius 3 is 2.30 bits per heavy atom. The fourth-order valence-corrected chi connectivity index (χ4v) is 6.75. The van der Waals surface area contributed by atoms with E-state index >= 15 is 0 Å². The minimum Gasteiger partial charge on any atom is -0.507 e. The second-order valence-corrected chi connectivity index (χ2v) is 10.9. The molecule has 3 aliphatic carbocycles. The van der Waals surface area contributed by atoms with Gasteiger partial charge in [-0.25, -0.2) is 4.79 Å². The topological polar surface area (TPSA) is 181 Å². The summed E-state index contributed by atoms with van der Waals surface area (Å²) in [4.78, 5) is 81.2. The molecule has 0 spiro atoms. The van der Waals surface area contributed by atoms with Crippen molar-refractivity contribution in [2.45, 2.75) is 24.2 Å². The van der Waals surface area contributed by atoms with Crippen molar-refractivity contribution in [3.63, 3.8) is 0 Å². The fourth-order valence-electron chi connectivity index (χ4n) is 6.48. The van der Waals surface area contributed by atoms with E-state index in [-0.39, 0.29) is 28.1 Å². The highest BCUT2D eigenvalue weighted by atomic mass is 35.5. The van der Waals surface area contributed by atoms with Crippen LogP contribution < -0.4 is 5.73 Å². The number of aliphatic hydroxyl groups is 1. The molecule has 0 heterocycles. The summed E-state index contributed by atoms with van der Waals surface area (Å²) in [6.45, 7) is 0. The number of esters is 1. The molecule has 0 aliphatic heterocycles. The number of aromatic hydroxyl groups is 1. The van der Waals surface area contributed by atoms with Crippen LogP contribution in [0.25, 0.3) is 0 Å². The van der Waals surface area contributed by atoms with Crippen LogP contribution in [0.4, 0.5) is 0 Å². The van der Waals surface area contributed by atoms with Crippen LogP contribution in [0.5, 0.6) is 5.75 Å². The Kier molecular flexibility index (Phi) is 6.64. The first-order chi connectivity index (χ1) is 18.8. The highest BCUT2D eigenvalue weighted by Gasteiger charge is 2.70. The van der Waals surface area contributed by atoms with Gasteiger partial charge in [0.05, 0.1) is 23.1 Å². The van der Waals surface area contributed by atoms with Gasteiger partial charge in [-0.05, 0) is 44.8 Å². The Balaban J connectivity index is 1.70. The van der Waals surface area contributed by atoms with Crippen molar-refractivity contribution in [1.29, 1.82) is 0 Å². The molecule has 2 aromatic rings. The van der Waals surface area contributed by atoms with Crippen LogP contribution in [0.1, 0.15) is 38.8 Å². The quantitative estimate of drug-likeness (QED) is 0.353. The number of hydrogen-bond acceptors (Lipinski definition) is 10. The van der Waals surface area contributed by atoms with E-state index in [1.165, 1.54) is 37.2 Å². The summed E-state index contributed by atoms with van der Waals surface area (Å²) >= 11 is 6.46. The lowest BCUT2D eigenvalue weighted by Crippen LogP contribution is -2.74. The Hall–Kier alpha value is -3.93. The maximum Gasteiger partial charge on any atom is 0.338 e. The molecule has 0 radical (unpaired) electrons. The zero-order valence-electron chi connectivity index (χ0n) is 21.4. The first-order valence-corrected chi connectivity index (χ1v) is 12.8. The number of benzene rings is 2. The van der Waals surface area contributed by atoms with Gasteiger partial charge < -0.3 is 20.7 Å². The molecular formula is C28H25ClN2O9. The third-order valence-electron chi connectivity index (χ3n) is 8.20. The van der Waals surface area contributed by atoms with Gasteiger partial charge in [-0.15, -0.1) is 0 Å². The van der Waals surface area contributed by atoms with E-state index in [1.54, 1.807) is 18.2 Å². The van der Waals surface area contributed by atoms with E-state index in [4.69, 9.17) is 22.1 Å². The molecule has 2 unspecified atom stereocenters. The lowest BCUT2D eigenvalue weighted by atomic mass is 9.52. The molecule has 0 aromatic heterocycles. The Bertz CT molecular complexity index is 1490. The van der Waals surface area contributed by atoms with Crippen molar-refractivity contribution in [3.8, 4) is 5.75 Å². The molecule has 40 heavy (non-hydrogen) atoms. The zero-order valence-corrected chi connectivity index (χ0v) is 22.1. The lowest BCUT2D eigenvalue weighted by molar-refractivity contribution is -0.184. The van der Waals surface area contributed by atoms with Gasteiger partial charge in [-0.2, -0.15) is 0 Å². The van der Waals surface area contributed by atoms with Gasteiger partial charge in [0, 0.05) is 22.4 Å². The van der Waals surface area contributed by atoms with Gasteiger partial charge >= 0.3 is 5.97 Å². The molecule has 5 rings (SSSR count). The van der Waals surface area contributed by atoms with Gasteiger partial charge in [0.15, 0.2) is 34.7 Å². The van der Waals surface area contributed by atoms with Crippen LogP contribution in [0.2, 0.25) is 5.02 Å². The number of halogens is 1. The number of carbonyl (C=O) groups excluding carboxylic acids is 6. The van der Waals surface area contributed by atoms with Crippen LogP contribution in [0.3, 0.4) is 0 Å². The molecule has 3 aliphatic rings. The molecule has 4 N–H and O–H groups in total. The Morgan fingerprint density at radius 1 is 1.05 bits per heavy atom. The fraction of sp³-hybridized carbons (Fsp3) is 0.357. The van der Waals surface area contributed by atoms with Crippen molar-refractivity contribution in [3.05, 3.63) is 64.2 Å². The summed E-state index contributed by atoms with van der Waals surface area (Å²) in [5.41, 5.74) is 2.16. The van der Waals surface area contributed by atoms with Gasteiger partial charge in [0.25, 0.3) is 0 Å². The normalized spacial score (nSPS) is 31.3. The van der Waals surface area contributed by atoms with Crippen LogP contribution in [-0.4, -0.2) is 75.9 Å². The van der Waals surface area contributed by atoms with Gasteiger partial charge in [-0.1, -0.05) is 29.8 Å². The third-order valence-corrected chi connectivity index (χ3v) is 8.53. The largest absolute Gasteiger partial charge is 0.507 e. The predicted molar refractivity (Wildman–Crippen MR) is 137 cm³/mol. The number of primary amides is 1. The minimum absolute atomic E-state index is 0.0208. The molecule has 1 amide bonds. The average Bonchev–Trinajstić information content (AvgIpc) is 2.90. The zero-order chi connectivity index (χ0) is 29.3. The monoisotopic (exact) mass is 568 g/mol. The molecular weight excluding hydrogens is 544 g/mol. The van der Waals surface area contributed by atoms with Crippen LogP contribution in [0.15, 0.2) is 42.5 Å². The lowest BCUT2D eigenvalue weighted by Gasteiger charge is -2.53. The SMILES string of the molecule is CN(C)[C@H]1C(=O)C(C(N)=O)C(=O)[C@]2(O)C(=O)C3C(=O)c4c(O)ccc(Cl)c4[C@@H](OC(=O)c4ccccc4)[C@@H]3C[C@H]12. The van der Waals surface area contributed by atoms with Crippen molar-refractivity contribution >= 4 is 46.6 Å². The number of hydrogen-bond donors (Lipinski definition) is 3. The number of amides is 1. The van der Waals surface area contributed by atoms with E-state index in [0.29, 0.717) is 0 Å². The summed E-state index contributed by atoms with van der Waals surface area (Å²) in [7, 11) is 2.94. The highest BCUT2D eigenvalue weighted by molar-refractivity contribution is 6.34. The smallest absolute Gasteiger partial charge is 0.338 e. The van der Waals surface area contributed by atoms with E-state index in [2.05, 4.69) is 0 Å². The average molecular weight is 569 g/mol. The number of rotatable bonds is 4. The Morgan fingerprint density at radius 2 is 1.70 bits per heavy atom. The summed E-state index contributed by atoms with van der Waals surface area (Å²) < 4.78 is 5.85. The van der Waals surface area contributed by atoms with Gasteiger partial charge in [0.1, 0.15) is 11.9 Å². The maximum atomic E-state index is 14.1. The number of ketones is 4. The van der Waals surface area contributed by atoms with Crippen LogP contribution in [-0.2, 0) is 23.9 Å². The summed E-state index contributed by atoms with van der Waals surface area (Å²) in [6.07, 6.45) is -1.69. The number of ether oxygens (including phenoxy) is 1. The van der Waals surface area contributed by atoms with E-state index in [0.717, 1.165) is 6.07 Å². The van der Waals surface area contributed by atoms with Crippen molar-refractivity contribution < 1.29 is 43.7 Å². The Labute approximate surface area is 232 Å². The molecule has 2 saturated carbocycles. The highest BCUT2D eigenvalue weighted by Crippen LogP contribution is 2.56. The van der Waals surface area contributed by atoms with E-state index in [9.17, 15) is 39.0 Å². The number of nitrogens with zero attached hydrogens (tertiary/aromatic N) is 1. The van der Waals surface area contributed by atoms with Crippen molar-refractivity contribution in [1.82, 2.24) is 4.90 Å². The van der Waals surface area contributed by atoms with Crippen molar-refractivity contribution in [2.24, 2.45) is 29.4 Å². The number of phenols is 1. The number of likely N-dealkylation sites (N-methyl/N-ethyl adjacent to an activating group) is 1. The summed E-state index contributed by atoms with van der Waals surface area (Å²) in [6, 6.07) is 9.02. The summed E-state index contributed by atoms with van der Waals surface area (Å²) in [5, 5.41) is 22.3. The van der Waals surface area contributed by atoms with Crippen LogP contribution in [0, 0.1) is 23.7 Å². The molecule has 0 bridgehead atoms. The molecule has 7 atom stereocenters. The molecule has 208 valence electrons. The maximum absolute atomic E-state index is 14.1. The van der Waals surface area contributed by atoms with Crippen LogP contribution >= 0.6 is 11.6 Å². The molecule has 12 heteroatoms. The minimum atomic E-state index is -2.92. The number of carbonyl (C=O) groups is 6. The van der Waals surface area contributed by atoms with Gasteiger partial charge in [0.2, 0.25) is 5.91 Å². The van der Waals surface area contributed by atoms with Crippen molar-refractivity contribution in [2.75, 3.05) is 14.1 Å². The standard InChI is InChI=1S/C28H25ClN2O9/c1-31(2)20-13-10-12-16(24(35)28(13,39)25(36)19(22(20)34)26(30)37)21(33)18-15(32)9-8-14(29)17(18)23(12)40-27(38)11-6-4-3-5-7-11/h3-9,12-13,16,19-20,23,32,39H,10H2,1-2H3,(H2,30,37)/t12-,13-,16?,19?,20-,23+,28-/m1/s1. The van der Waals surface area contributed by atoms with Gasteiger partial charge in [-0.3, -0.25) is 28.9 Å². The first-order valence-electron chi connectivity index (χ1n) is 12.4. The summed E-state index contributed by atoms with van der Waals surface area (Å²) in [5.74, 6) is -13.6. The molecule has 2 fully saturated rings. The number of Topliss-reactive ketones (excluding diaryl/α,β-unsaturated/α-hetero) is 4. The number of nitrogens with two attached hydrogens (primary N) is 1. The molecule has 0 saturated heterocycles.